The van der Waals surface area contributed by atoms with Gasteiger partial charge in [0.15, 0.2) is 5.84 Å². The Bertz CT molecular complexity index is 779. The molecule has 0 amide bonds. The molecule has 3 rings (SSSR count). The fraction of sp³-hybridized carbons (Fsp3) is 0.579. The fourth-order valence-electron chi connectivity index (χ4n) is 3.68. The minimum absolute atomic E-state index is 0.0813. The molecule has 0 aliphatic carbocycles. The van der Waals surface area contributed by atoms with E-state index in [0.29, 0.717) is 23.7 Å². The zero-order chi connectivity index (χ0) is 20.5. The number of benzene rings is 1. The number of amidine groups is 1. The Morgan fingerprint density at radius 1 is 1.21 bits per heavy atom. The van der Waals surface area contributed by atoms with Crippen LogP contribution in [0.2, 0.25) is 0 Å². The summed E-state index contributed by atoms with van der Waals surface area (Å²) in [6.07, 6.45) is -4.93. The number of hydrazone groups is 1. The molecule has 2 heterocycles. The van der Waals surface area contributed by atoms with Crippen LogP contribution in [0.3, 0.4) is 0 Å². The second-order valence-corrected chi connectivity index (χ2v) is 7.51. The number of fused-ring (bicyclic) bond motifs is 1. The number of piperazine rings is 1. The highest BCUT2D eigenvalue weighted by Gasteiger charge is 2.32. The van der Waals surface area contributed by atoms with E-state index in [1.807, 2.05) is 14.0 Å². The van der Waals surface area contributed by atoms with E-state index in [9.17, 15) is 17.6 Å². The van der Waals surface area contributed by atoms with E-state index < -0.39 is 18.4 Å². The number of rotatable bonds is 1. The quantitative estimate of drug-likeness (QED) is 0.449. The molecule has 9 heteroatoms. The van der Waals surface area contributed by atoms with Gasteiger partial charge in [-0.05, 0) is 31.5 Å². The van der Waals surface area contributed by atoms with Gasteiger partial charge < -0.3 is 15.6 Å². The number of aliphatic imine (C=N–C) groups is 1. The van der Waals surface area contributed by atoms with Crippen LogP contribution in [0.5, 0.6) is 0 Å². The number of nitrogens with two attached hydrogens (primary N) is 1. The van der Waals surface area contributed by atoms with Crippen molar-refractivity contribution in [1.29, 1.82) is 0 Å². The van der Waals surface area contributed by atoms with E-state index in [1.165, 1.54) is 12.1 Å². The Morgan fingerprint density at radius 2 is 1.89 bits per heavy atom. The SMILES string of the molecule is CC1CCc2c(ccc(CC(F)(F)F)c2F)N=C(N2CCN(C)CC2)/C1=N/N. The van der Waals surface area contributed by atoms with Crippen molar-refractivity contribution in [2.75, 3.05) is 33.2 Å². The summed E-state index contributed by atoms with van der Waals surface area (Å²) in [4.78, 5) is 8.90. The molecule has 1 unspecified atom stereocenters. The van der Waals surface area contributed by atoms with Crippen LogP contribution in [0.4, 0.5) is 23.2 Å². The molecule has 154 valence electrons. The molecule has 0 aromatic heterocycles. The van der Waals surface area contributed by atoms with Gasteiger partial charge in [-0.1, -0.05) is 13.0 Å². The average Bonchev–Trinajstić information content (AvgIpc) is 2.61. The molecule has 2 aliphatic heterocycles. The molecule has 1 atom stereocenters. The van der Waals surface area contributed by atoms with Gasteiger partial charge in [-0.2, -0.15) is 18.3 Å². The Morgan fingerprint density at radius 3 is 2.50 bits per heavy atom. The Labute approximate surface area is 161 Å². The van der Waals surface area contributed by atoms with Gasteiger partial charge >= 0.3 is 6.18 Å². The minimum atomic E-state index is -4.46. The molecule has 2 N–H and O–H groups in total. The highest BCUT2D eigenvalue weighted by molar-refractivity contribution is 6.42. The molecule has 5 nitrogen and oxygen atoms in total. The fourth-order valence-corrected chi connectivity index (χ4v) is 3.68. The van der Waals surface area contributed by atoms with E-state index in [-0.39, 0.29) is 23.5 Å². The summed E-state index contributed by atoms with van der Waals surface area (Å²) in [5.41, 5.74) is 0.889. The van der Waals surface area contributed by atoms with Gasteiger partial charge in [0.1, 0.15) is 11.5 Å². The van der Waals surface area contributed by atoms with Crippen LogP contribution >= 0.6 is 0 Å². The molecule has 1 saturated heterocycles. The van der Waals surface area contributed by atoms with Crippen molar-refractivity contribution in [3.63, 3.8) is 0 Å². The molecule has 1 fully saturated rings. The molecule has 0 saturated carbocycles. The van der Waals surface area contributed by atoms with Gasteiger partial charge in [-0.15, -0.1) is 0 Å². The van der Waals surface area contributed by atoms with E-state index in [1.54, 1.807) is 0 Å². The number of halogens is 4. The van der Waals surface area contributed by atoms with Crippen molar-refractivity contribution in [3.05, 3.63) is 29.1 Å². The molecule has 28 heavy (non-hydrogen) atoms. The number of alkyl halides is 3. The zero-order valence-electron chi connectivity index (χ0n) is 16.1. The Balaban J connectivity index is 2.05. The van der Waals surface area contributed by atoms with Gasteiger partial charge in [-0.25, -0.2) is 9.38 Å². The third kappa shape index (κ3) is 4.45. The van der Waals surface area contributed by atoms with Gasteiger partial charge in [0.25, 0.3) is 0 Å². The van der Waals surface area contributed by atoms with Crippen LogP contribution in [-0.4, -0.2) is 60.8 Å². The van der Waals surface area contributed by atoms with Crippen molar-refractivity contribution in [3.8, 4) is 0 Å². The lowest BCUT2D eigenvalue weighted by molar-refractivity contribution is -0.127. The molecule has 2 aliphatic rings. The molecular weight excluding hydrogens is 374 g/mol. The highest BCUT2D eigenvalue weighted by atomic mass is 19.4. The summed E-state index contributed by atoms with van der Waals surface area (Å²) in [6.45, 7) is 5.07. The first-order valence-electron chi connectivity index (χ1n) is 9.37. The van der Waals surface area contributed by atoms with E-state index in [2.05, 4.69) is 19.9 Å². The Hall–Kier alpha value is -2.16. The predicted octanol–water partition coefficient (Wildman–Crippen LogP) is 3.10. The summed E-state index contributed by atoms with van der Waals surface area (Å²) in [7, 11) is 2.03. The largest absolute Gasteiger partial charge is 0.393 e. The van der Waals surface area contributed by atoms with Crippen LogP contribution in [0.15, 0.2) is 22.2 Å². The van der Waals surface area contributed by atoms with E-state index in [4.69, 9.17) is 5.84 Å². The minimum Gasteiger partial charge on any atom is -0.352 e. The third-order valence-corrected chi connectivity index (χ3v) is 5.38. The number of nitrogens with zero attached hydrogens (tertiary/aromatic N) is 4. The molecule has 1 aromatic rings. The lowest BCUT2D eigenvalue weighted by Gasteiger charge is -2.36. The molecule has 1 aromatic carbocycles. The predicted molar refractivity (Wildman–Crippen MR) is 101 cm³/mol. The molecule has 0 radical (unpaired) electrons. The maximum absolute atomic E-state index is 14.9. The number of likely N-dealkylation sites (N-methyl/N-ethyl adjacent to an activating group) is 1. The van der Waals surface area contributed by atoms with Crippen LogP contribution in [0.1, 0.15) is 24.5 Å². The van der Waals surface area contributed by atoms with Crippen LogP contribution in [0, 0.1) is 11.7 Å². The monoisotopic (exact) mass is 399 g/mol. The molecule has 0 spiro atoms. The maximum atomic E-state index is 14.9. The third-order valence-electron chi connectivity index (χ3n) is 5.38. The zero-order valence-corrected chi connectivity index (χ0v) is 16.1. The van der Waals surface area contributed by atoms with E-state index in [0.717, 1.165) is 26.2 Å². The number of hydrogen-bond acceptors (Lipinski definition) is 5. The summed E-state index contributed by atoms with van der Waals surface area (Å²) in [5.74, 6) is 5.35. The first-order valence-corrected chi connectivity index (χ1v) is 9.37. The molecule has 0 bridgehead atoms. The average molecular weight is 399 g/mol. The van der Waals surface area contributed by atoms with Gasteiger partial charge in [0, 0.05) is 37.7 Å². The second-order valence-electron chi connectivity index (χ2n) is 7.51. The molecular formula is C19H25F4N5. The smallest absolute Gasteiger partial charge is 0.352 e. The van der Waals surface area contributed by atoms with Crippen molar-refractivity contribution in [2.24, 2.45) is 21.9 Å². The van der Waals surface area contributed by atoms with Crippen molar-refractivity contribution < 1.29 is 17.6 Å². The highest BCUT2D eigenvalue weighted by Crippen LogP contribution is 2.33. The summed E-state index contributed by atoms with van der Waals surface area (Å²) in [5, 5.41) is 3.96. The first-order chi connectivity index (χ1) is 13.2. The summed E-state index contributed by atoms with van der Waals surface area (Å²) in [6, 6.07) is 2.65. The lowest BCUT2D eigenvalue weighted by atomic mass is 9.91. The number of hydrogen-bond donors (Lipinski definition) is 1. The van der Waals surface area contributed by atoms with Crippen molar-refractivity contribution in [1.82, 2.24) is 9.80 Å². The van der Waals surface area contributed by atoms with Crippen LogP contribution in [0.25, 0.3) is 0 Å². The van der Waals surface area contributed by atoms with E-state index >= 15 is 0 Å². The lowest BCUT2D eigenvalue weighted by Crippen LogP contribution is -2.50. The standard InChI is InChI=1S/C19H25F4N5/c1-12-3-5-14-15(6-4-13(16(14)20)11-19(21,22)23)25-18(17(12)26-24)28-9-7-27(2)8-10-28/h4,6,12H,3,5,7-11,24H2,1-2H3/b25-18?,26-17+. The summed E-state index contributed by atoms with van der Waals surface area (Å²) >= 11 is 0. The van der Waals surface area contributed by atoms with Gasteiger partial charge in [0.2, 0.25) is 0 Å². The first kappa shape index (κ1) is 20.6. The normalized spacial score (nSPS) is 23.2. The Kier molecular flexibility index (Phi) is 5.92. The maximum Gasteiger partial charge on any atom is 0.393 e. The summed E-state index contributed by atoms with van der Waals surface area (Å²) < 4.78 is 53.2. The van der Waals surface area contributed by atoms with Gasteiger partial charge in [-0.3, -0.25) is 0 Å². The van der Waals surface area contributed by atoms with Crippen LogP contribution in [-0.2, 0) is 12.8 Å². The van der Waals surface area contributed by atoms with Crippen LogP contribution < -0.4 is 5.84 Å². The van der Waals surface area contributed by atoms with Crippen molar-refractivity contribution in [2.45, 2.75) is 32.4 Å². The second kappa shape index (κ2) is 8.06. The topological polar surface area (TPSA) is 57.2 Å². The van der Waals surface area contributed by atoms with Crippen molar-refractivity contribution >= 4 is 17.2 Å². The van der Waals surface area contributed by atoms with Gasteiger partial charge in [0.05, 0.1) is 12.1 Å².